The molecule has 3 rings (SSSR count). The van der Waals surface area contributed by atoms with Gasteiger partial charge in [-0.1, -0.05) is 30.3 Å². The van der Waals surface area contributed by atoms with Crippen LogP contribution in [0.4, 0.5) is 4.79 Å². The lowest BCUT2D eigenvalue weighted by Gasteiger charge is -2.27. The fraction of sp³-hybridized carbons (Fsp3) is 0.353. The van der Waals surface area contributed by atoms with Crippen molar-refractivity contribution in [3.05, 3.63) is 59.7 Å². The number of hydrogen-bond acceptors (Lipinski definition) is 3. The fourth-order valence-corrected chi connectivity index (χ4v) is 2.68. The van der Waals surface area contributed by atoms with Crippen LogP contribution in [0.2, 0.25) is 0 Å². The third kappa shape index (κ3) is 3.61. The first kappa shape index (κ1) is 14.5. The van der Waals surface area contributed by atoms with Crippen molar-refractivity contribution >= 4 is 6.03 Å². The van der Waals surface area contributed by atoms with Crippen molar-refractivity contribution in [3.63, 3.8) is 0 Å². The van der Waals surface area contributed by atoms with Gasteiger partial charge in [0.05, 0.1) is 12.2 Å². The standard InChI is InChI=1S/C17H20N4O/c22-17(19-9-4-7-14-5-2-1-3-6-14)21-10-8-16-15(12-21)11-18-13-20-16/h1-3,5-6,11,13H,4,7-10,12H2,(H,19,22). The Bertz CT molecular complexity index is 630. The zero-order chi connectivity index (χ0) is 15.2. The molecule has 1 aromatic heterocycles. The second kappa shape index (κ2) is 7.02. The van der Waals surface area contributed by atoms with Gasteiger partial charge in [-0.3, -0.25) is 0 Å². The van der Waals surface area contributed by atoms with E-state index in [9.17, 15) is 4.79 Å². The van der Waals surface area contributed by atoms with Crippen LogP contribution in [-0.4, -0.2) is 34.0 Å². The SMILES string of the molecule is O=C(NCCCc1ccccc1)N1CCc2ncncc2C1. The van der Waals surface area contributed by atoms with Gasteiger partial charge in [-0.25, -0.2) is 14.8 Å². The molecule has 0 atom stereocenters. The Hall–Kier alpha value is -2.43. The number of urea groups is 1. The first-order chi connectivity index (χ1) is 10.8. The summed E-state index contributed by atoms with van der Waals surface area (Å²) in [5.41, 5.74) is 3.41. The van der Waals surface area contributed by atoms with Crippen LogP contribution in [-0.2, 0) is 19.4 Å². The number of amides is 2. The maximum atomic E-state index is 12.2. The average Bonchev–Trinajstić information content (AvgIpc) is 2.59. The van der Waals surface area contributed by atoms with Crippen LogP contribution in [0.15, 0.2) is 42.9 Å². The summed E-state index contributed by atoms with van der Waals surface area (Å²) in [4.78, 5) is 22.3. The Balaban J connectivity index is 1.43. The Morgan fingerprint density at radius 2 is 2.14 bits per heavy atom. The molecule has 2 aromatic rings. The number of nitrogens with zero attached hydrogens (tertiary/aromatic N) is 3. The third-order valence-corrected chi connectivity index (χ3v) is 3.91. The van der Waals surface area contributed by atoms with Crippen LogP contribution in [0.25, 0.3) is 0 Å². The zero-order valence-corrected chi connectivity index (χ0v) is 12.5. The Labute approximate surface area is 130 Å². The minimum atomic E-state index is 0.00237. The van der Waals surface area contributed by atoms with Gasteiger partial charge >= 0.3 is 6.03 Å². The number of aromatic nitrogens is 2. The number of benzene rings is 1. The number of hydrogen-bond donors (Lipinski definition) is 1. The molecule has 114 valence electrons. The molecule has 1 N–H and O–H groups in total. The summed E-state index contributed by atoms with van der Waals surface area (Å²) in [6.45, 7) is 2.01. The van der Waals surface area contributed by atoms with Crippen LogP contribution < -0.4 is 5.32 Å². The Morgan fingerprint density at radius 1 is 1.27 bits per heavy atom. The molecular weight excluding hydrogens is 276 g/mol. The first-order valence-corrected chi connectivity index (χ1v) is 7.67. The summed E-state index contributed by atoms with van der Waals surface area (Å²) in [5.74, 6) is 0. The summed E-state index contributed by atoms with van der Waals surface area (Å²) in [6.07, 6.45) is 6.10. The molecule has 5 heteroatoms. The van der Waals surface area contributed by atoms with E-state index in [0.29, 0.717) is 19.6 Å². The highest BCUT2D eigenvalue weighted by molar-refractivity contribution is 5.74. The summed E-state index contributed by atoms with van der Waals surface area (Å²) in [6, 6.07) is 10.3. The van der Waals surface area contributed by atoms with Crippen LogP contribution in [0, 0.1) is 0 Å². The Kier molecular flexibility index (Phi) is 4.63. The monoisotopic (exact) mass is 296 g/mol. The van der Waals surface area contributed by atoms with Gasteiger partial charge in [0.1, 0.15) is 6.33 Å². The van der Waals surface area contributed by atoms with E-state index in [0.717, 1.165) is 30.5 Å². The van der Waals surface area contributed by atoms with Gasteiger partial charge in [0.25, 0.3) is 0 Å². The maximum absolute atomic E-state index is 12.2. The molecule has 1 aromatic carbocycles. The largest absolute Gasteiger partial charge is 0.338 e. The first-order valence-electron chi connectivity index (χ1n) is 7.67. The van der Waals surface area contributed by atoms with Gasteiger partial charge in [0, 0.05) is 31.3 Å². The lowest BCUT2D eigenvalue weighted by molar-refractivity contribution is 0.191. The van der Waals surface area contributed by atoms with E-state index in [1.807, 2.05) is 23.1 Å². The molecule has 1 aliphatic rings. The van der Waals surface area contributed by atoms with E-state index in [1.165, 1.54) is 5.56 Å². The molecule has 2 amide bonds. The minimum Gasteiger partial charge on any atom is -0.338 e. The smallest absolute Gasteiger partial charge is 0.317 e. The Morgan fingerprint density at radius 3 is 3.00 bits per heavy atom. The number of rotatable bonds is 4. The van der Waals surface area contributed by atoms with E-state index in [2.05, 4.69) is 27.4 Å². The van der Waals surface area contributed by atoms with Crippen molar-refractivity contribution in [1.29, 1.82) is 0 Å². The second-order valence-corrected chi connectivity index (χ2v) is 5.49. The summed E-state index contributed by atoms with van der Waals surface area (Å²) in [5, 5.41) is 3.00. The highest BCUT2D eigenvalue weighted by Gasteiger charge is 2.20. The molecule has 1 aliphatic heterocycles. The van der Waals surface area contributed by atoms with Gasteiger partial charge in [-0.15, -0.1) is 0 Å². The summed E-state index contributed by atoms with van der Waals surface area (Å²) >= 11 is 0. The summed E-state index contributed by atoms with van der Waals surface area (Å²) in [7, 11) is 0. The fourth-order valence-electron chi connectivity index (χ4n) is 2.68. The second-order valence-electron chi connectivity index (χ2n) is 5.49. The van der Waals surface area contributed by atoms with E-state index in [1.54, 1.807) is 12.5 Å². The molecule has 0 unspecified atom stereocenters. The molecule has 0 saturated carbocycles. The van der Waals surface area contributed by atoms with Crippen LogP contribution in [0.5, 0.6) is 0 Å². The summed E-state index contributed by atoms with van der Waals surface area (Å²) < 4.78 is 0. The van der Waals surface area contributed by atoms with Gasteiger partial charge in [0.15, 0.2) is 0 Å². The average molecular weight is 296 g/mol. The zero-order valence-electron chi connectivity index (χ0n) is 12.5. The maximum Gasteiger partial charge on any atom is 0.317 e. The van der Waals surface area contributed by atoms with E-state index in [4.69, 9.17) is 0 Å². The van der Waals surface area contributed by atoms with Gasteiger partial charge < -0.3 is 10.2 Å². The van der Waals surface area contributed by atoms with Crippen molar-refractivity contribution in [1.82, 2.24) is 20.2 Å². The number of carbonyl (C=O) groups excluding carboxylic acids is 1. The van der Waals surface area contributed by atoms with E-state index < -0.39 is 0 Å². The van der Waals surface area contributed by atoms with Crippen molar-refractivity contribution in [3.8, 4) is 0 Å². The third-order valence-electron chi connectivity index (χ3n) is 3.91. The molecule has 0 saturated heterocycles. The van der Waals surface area contributed by atoms with E-state index in [-0.39, 0.29) is 6.03 Å². The number of fused-ring (bicyclic) bond motifs is 1. The molecule has 0 bridgehead atoms. The molecular formula is C17H20N4O. The number of nitrogens with one attached hydrogen (secondary N) is 1. The van der Waals surface area contributed by atoms with Crippen molar-refractivity contribution < 1.29 is 4.79 Å². The van der Waals surface area contributed by atoms with Gasteiger partial charge in [-0.2, -0.15) is 0 Å². The van der Waals surface area contributed by atoms with Crippen molar-refractivity contribution in [2.45, 2.75) is 25.8 Å². The van der Waals surface area contributed by atoms with Gasteiger partial charge in [0.2, 0.25) is 0 Å². The number of aryl methyl sites for hydroxylation is 1. The predicted octanol–water partition coefficient (Wildman–Crippen LogP) is 2.18. The molecule has 2 heterocycles. The lowest BCUT2D eigenvalue weighted by Crippen LogP contribution is -2.43. The van der Waals surface area contributed by atoms with Crippen molar-refractivity contribution in [2.24, 2.45) is 0 Å². The topological polar surface area (TPSA) is 58.1 Å². The normalized spacial score (nSPS) is 13.5. The molecule has 22 heavy (non-hydrogen) atoms. The van der Waals surface area contributed by atoms with Crippen LogP contribution >= 0.6 is 0 Å². The quantitative estimate of drug-likeness (QED) is 0.880. The molecule has 5 nitrogen and oxygen atoms in total. The van der Waals surface area contributed by atoms with Crippen LogP contribution in [0.1, 0.15) is 23.2 Å². The number of carbonyl (C=O) groups is 1. The van der Waals surface area contributed by atoms with Crippen LogP contribution in [0.3, 0.4) is 0 Å². The lowest BCUT2D eigenvalue weighted by atomic mass is 10.1. The van der Waals surface area contributed by atoms with Crippen molar-refractivity contribution in [2.75, 3.05) is 13.1 Å². The highest BCUT2D eigenvalue weighted by atomic mass is 16.2. The molecule has 0 aliphatic carbocycles. The predicted molar refractivity (Wildman–Crippen MR) is 84.3 cm³/mol. The van der Waals surface area contributed by atoms with Gasteiger partial charge in [-0.05, 0) is 18.4 Å². The highest BCUT2D eigenvalue weighted by Crippen LogP contribution is 2.15. The molecule has 0 fully saturated rings. The molecule has 0 radical (unpaired) electrons. The van der Waals surface area contributed by atoms with E-state index >= 15 is 0 Å². The minimum absolute atomic E-state index is 0.00237. The molecule has 0 spiro atoms.